The van der Waals surface area contributed by atoms with Crippen LogP contribution in [-0.2, 0) is 45.9 Å². The molecule has 2 bridgehead atoms. The Morgan fingerprint density at radius 2 is 1.80 bits per heavy atom. The number of hydrogen-bond donors (Lipinski definition) is 0. The Morgan fingerprint density at radius 1 is 0.955 bits per heavy atom. The predicted molar refractivity (Wildman–Crippen MR) is 168 cm³/mol. The number of hydrogen-bond acceptors (Lipinski definition) is 8. The number of likely N-dealkylation sites (N-methyl/N-ethyl adjacent to an activating group) is 1. The minimum atomic E-state index is -0.360. The summed E-state index contributed by atoms with van der Waals surface area (Å²) < 4.78 is 11.5. The molecule has 0 N–H and O–H groups in total. The molecule has 3 aromatic heterocycles. The number of fused-ring (bicyclic) bond motifs is 3. The van der Waals surface area contributed by atoms with Gasteiger partial charge in [0.15, 0.2) is 17.0 Å². The summed E-state index contributed by atoms with van der Waals surface area (Å²) in [6.45, 7) is 2.26. The van der Waals surface area contributed by atoms with E-state index in [-0.39, 0.29) is 11.2 Å². The molecule has 12 nitrogen and oxygen atoms in total. The summed E-state index contributed by atoms with van der Waals surface area (Å²) in [5.41, 5.74) is 3.85. The Bertz CT molecular complexity index is 1730. The van der Waals surface area contributed by atoms with E-state index >= 15 is 0 Å². The molecule has 2 aliphatic carbocycles. The van der Waals surface area contributed by atoms with Crippen LogP contribution in [0.5, 0.6) is 5.75 Å². The third kappa shape index (κ3) is 5.27. The van der Waals surface area contributed by atoms with Crippen LogP contribution in [0.25, 0.3) is 11.2 Å². The number of nitrogens with zero attached hydrogens (tertiary/aromatic N) is 9. The number of imidazole rings is 1. The first-order chi connectivity index (χ1) is 21.2. The SMILES string of the molecule is C1CCc2nnnn2CC1.COc1ccc2c(c1)[C@]13CCCC[C@@H]1[C@H](C2)N(C)CC3.Cn1c(=O)c2c(ncn2C)n(C)c1=O. The van der Waals surface area contributed by atoms with Crippen molar-refractivity contribution in [3.63, 3.8) is 0 Å². The molecular weight excluding hydrogens is 558 g/mol. The Balaban J connectivity index is 0.000000125. The van der Waals surface area contributed by atoms with E-state index in [1.54, 1.807) is 36.9 Å². The Kier molecular flexibility index (Phi) is 8.45. The van der Waals surface area contributed by atoms with Crippen LogP contribution in [0.15, 0.2) is 34.1 Å². The van der Waals surface area contributed by atoms with Crippen LogP contribution >= 0.6 is 0 Å². The molecular formula is C32H45N9O3. The third-order valence-corrected chi connectivity index (χ3v) is 10.5. The van der Waals surface area contributed by atoms with Gasteiger partial charge in [-0.15, -0.1) is 5.10 Å². The molecule has 1 saturated heterocycles. The van der Waals surface area contributed by atoms with Gasteiger partial charge in [-0.25, -0.2) is 14.5 Å². The van der Waals surface area contributed by atoms with Crippen molar-refractivity contribution >= 4 is 11.2 Å². The summed E-state index contributed by atoms with van der Waals surface area (Å²) in [5, 5.41) is 11.4. The zero-order valence-corrected chi connectivity index (χ0v) is 26.7. The van der Waals surface area contributed by atoms with Crippen molar-refractivity contribution < 1.29 is 4.74 Å². The van der Waals surface area contributed by atoms with Gasteiger partial charge >= 0.3 is 5.69 Å². The number of piperidine rings is 1. The molecule has 0 unspecified atom stereocenters. The van der Waals surface area contributed by atoms with E-state index in [0.717, 1.165) is 41.1 Å². The van der Waals surface area contributed by atoms with Gasteiger partial charge in [0.05, 0.1) is 13.4 Å². The van der Waals surface area contributed by atoms with E-state index in [2.05, 4.69) is 50.7 Å². The fourth-order valence-electron chi connectivity index (χ4n) is 8.07. The molecule has 4 aliphatic rings. The Morgan fingerprint density at radius 3 is 2.61 bits per heavy atom. The van der Waals surface area contributed by atoms with Gasteiger partial charge in [0.25, 0.3) is 5.56 Å². The van der Waals surface area contributed by atoms with E-state index in [9.17, 15) is 9.59 Å². The van der Waals surface area contributed by atoms with Crippen molar-refractivity contribution in [2.24, 2.45) is 27.1 Å². The van der Waals surface area contributed by atoms with Gasteiger partial charge in [-0.3, -0.25) is 13.9 Å². The average molecular weight is 604 g/mol. The zero-order chi connectivity index (χ0) is 31.0. The average Bonchev–Trinajstić information content (AvgIpc) is 3.60. The van der Waals surface area contributed by atoms with Crippen molar-refractivity contribution in [1.29, 1.82) is 0 Å². The van der Waals surface area contributed by atoms with Gasteiger partial charge in [0.2, 0.25) is 0 Å². The molecule has 236 valence electrons. The van der Waals surface area contributed by atoms with E-state index in [1.807, 2.05) is 4.68 Å². The van der Waals surface area contributed by atoms with Gasteiger partial charge in [-0.05, 0) is 91.7 Å². The maximum absolute atomic E-state index is 11.7. The van der Waals surface area contributed by atoms with Crippen molar-refractivity contribution in [3.05, 3.63) is 62.3 Å². The number of aryl methyl sites for hydroxylation is 4. The van der Waals surface area contributed by atoms with Gasteiger partial charge in [0, 0.05) is 45.6 Å². The second kappa shape index (κ2) is 12.3. The number of ether oxygens (including phenoxy) is 1. The van der Waals surface area contributed by atoms with Crippen LogP contribution in [0.1, 0.15) is 68.3 Å². The monoisotopic (exact) mass is 603 g/mol. The van der Waals surface area contributed by atoms with Gasteiger partial charge in [0.1, 0.15) is 5.75 Å². The lowest BCUT2D eigenvalue weighted by atomic mass is 9.52. The zero-order valence-electron chi connectivity index (χ0n) is 26.7. The Labute approximate surface area is 257 Å². The van der Waals surface area contributed by atoms with Gasteiger partial charge in [-0.2, -0.15) is 0 Å². The number of rotatable bonds is 1. The highest BCUT2D eigenvalue weighted by Gasteiger charge is 2.53. The minimum Gasteiger partial charge on any atom is -0.497 e. The first-order valence-corrected chi connectivity index (χ1v) is 15.9. The summed E-state index contributed by atoms with van der Waals surface area (Å²) in [5.74, 6) is 2.96. The third-order valence-electron chi connectivity index (χ3n) is 10.5. The molecule has 44 heavy (non-hydrogen) atoms. The molecule has 2 aliphatic heterocycles. The van der Waals surface area contributed by atoms with Crippen LogP contribution in [-0.4, -0.2) is 70.5 Å². The Hall–Kier alpha value is -3.80. The highest BCUT2D eigenvalue weighted by molar-refractivity contribution is 5.69. The lowest BCUT2D eigenvalue weighted by molar-refractivity contribution is 0.00274. The van der Waals surface area contributed by atoms with Crippen LogP contribution in [0.2, 0.25) is 0 Å². The first-order valence-electron chi connectivity index (χ1n) is 15.9. The quantitative estimate of drug-likeness (QED) is 0.326. The minimum absolute atomic E-state index is 0.317. The lowest BCUT2D eigenvalue weighted by Gasteiger charge is -2.58. The number of likely N-dealkylation sites (tertiary alicyclic amines) is 1. The normalized spacial score (nSPS) is 24.0. The van der Waals surface area contributed by atoms with Crippen LogP contribution in [0.4, 0.5) is 0 Å². The van der Waals surface area contributed by atoms with E-state index < -0.39 is 0 Å². The number of tetrazole rings is 1. The molecule has 3 atom stereocenters. The molecule has 1 saturated carbocycles. The largest absolute Gasteiger partial charge is 0.497 e. The molecule has 0 radical (unpaired) electrons. The summed E-state index contributed by atoms with van der Waals surface area (Å²) in [7, 11) is 8.89. The van der Waals surface area contributed by atoms with E-state index in [1.165, 1.54) is 82.3 Å². The standard InChI is InChI=1S/C18H25NO.C8H10N4O2.C6H10N4/c1-19-10-9-18-8-4-3-5-15(18)17(19)11-13-6-7-14(20-2)12-16(13)18;1-10-4-9-6-5(10)7(13)12(3)8(14)11(6)2;1-2-4-6-7-8-9-10(6)5-3-1/h6-7,12,15,17H,3-5,8-11H2,1-2H3;4H,1-3H3;1-5H2/t15-,17+,18+;;/m1../s1. The summed E-state index contributed by atoms with van der Waals surface area (Å²) >= 11 is 0. The van der Waals surface area contributed by atoms with E-state index in [0.29, 0.717) is 16.6 Å². The van der Waals surface area contributed by atoms with Crippen LogP contribution in [0, 0.1) is 5.92 Å². The second-order valence-corrected chi connectivity index (χ2v) is 12.9. The molecule has 4 aromatic rings. The summed E-state index contributed by atoms with van der Waals surface area (Å²) in [6.07, 6.45) is 14.5. The highest BCUT2D eigenvalue weighted by atomic mass is 16.5. The lowest BCUT2D eigenvalue weighted by Crippen LogP contribution is -2.59. The molecule has 5 heterocycles. The molecule has 0 amide bonds. The van der Waals surface area contributed by atoms with Gasteiger partial charge in [-0.1, -0.05) is 25.3 Å². The number of benzene rings is 1. The van der Waals surface area contributed by atoms with Crippen LogP contribution in [0.3, 0.4) is 0 Å². The summed E-state index contributed by atoms with van der Waals surface area (Å²) in [4.78, 5) is 29.8. The van der Waals surface area contributed by atoms with E-state index in [4.69, 9.17) is 4.74 Å². The maximum atomic E-state index is 11.7. The fourth-order valence-corrected chi connectivity index (χ4v) is 8.07. The molecule has 12 heteroatoms. The number of aromatic nitrogens is 8. The smallest absolute Gasteiger partial charge is 0.332 e. The van der Waals surface area contributed by atoms with Crippen LogP contribution < -0.4 is 16.0 Å². The van der Waals surface area contributed by atoms with Crippen molar-refractivity contribution in [2.45, 2.75) is 82.2 Å². The predicted octanol–water partition coefficient (Wildman–Crippen LogP) is 2.75. The maximum Gasteiger partial charge on any atom is 0.332 e. The molecule has 2 fully saturated rings. The summed E-state index contributed by atoms with van der Waals surface area (Å²) in [6, 6.07) is 7.60. The van der Waals surface area contributed by atoms with Crippen molar-refractivity contribution in [2.75, 3.05) is 20.7 Å². The molecule has 1 aromatic carbocycles. The highest BCUT2D eigenvalue weighted by Crippen LogP contribution is 2.55. The van der Waals surface area contributed by atoms with Gasteiger partial charge < -0.3 is 14.2 Å². The molecule has 0 spiro atoms. The van der Waals surface area contributed by atoms with Crippen molar-refractivity contribution in [1.82, 2.24) is 43.8 Å². The topological polar surface area (TPSA) is 118 Å². The number of methoxy groups -OCH3 is 1. The fraction of sp³-hybridized carbons (Fsp3) is 0.625. The second-order valence-electron chi connectivity index (χ2n) is 12.9. The van der Waals surface area contributed by atoms with Crippen molar-refractivity contribution in [3.8, 4) is 5.75 Å². The molecule has 8 rings (SSSR count). The first kappa shape index (κ1) is 30.2.